The molecule has 1 aliphatic rings. The van der Waals surface area contributed by atoms with Gasteiger partial charge in [-0.05, 0) is 0 Å². The molecule has 6 heteroatoms. The van der Waals surface area contributed by atoms with Gasteiger partial charge in [0, 0.05) is 0 Å². The summed E-state index contributed by atoms with van der Waals surface area (Å²) >= 11 is 0. The fraction of sp³-hybridized carbons (Fsp3) is 1.00. The molecule has 0 amide bonds. The van der Waals surface area contributed by atoms with E-state index in [1.54, 1.807) is 0 Å². The van der Waals surface area contributed by atoms with Crippen LogP contribution in [-0.4, -0.2) is 62.8 Å². The van der Waals surface area contributed by atoms with Crippen LogP contribution in [0, 0.1) is 0 Å². The van der Waals surface area contributed by atoms with Crippen LogP contribution in [-0.2, 0) is 4.74 Å². The molecular weight excluding hydrogens is 168 g/mol. The van der Waals surface area contributed by atoms with Crippen LogP contribution in [0.5, 0.6) is 0 Å². The van der Waals surface area contributed by atoms with Crippen LogP contribution in [0.3, 0.4) is 0 Å². The maximum absolute atomic E-state index is 9.15. The molecule has 0 radical (unpaired) electrons. The smallest absolute Gasteiger partial charge is 0.184 e. The summed E-state index contributed by atoms with van der Waals surface area (Å²) in [4.78, 5) is 0. The molecule has 0 bridgehead atoms. The number of aliphatic hydroxyl groups excluding tert-OH is 4. The molecule has 0 aromatic heterocycles. The second-order valence-electron chi connectivity index (χ2n) is 2.60. The third kappa shape index (κ3) is 1.58. The number of aliphatic hydroxyl groups is 5. The lowest BCUT2D eigenvalue weighted by molar-refractivity contribution is -0.286. The molecule has 0 spiro atoms. The van der Waals surface area contributed by atoms with Crippen molar-refractivity contribution in [3.8, 4) is 0 Å². The predicted molar refractivity (Wildman–Crippen MR) is 36.0 cm³/mol. The molecule has 5 N–H and O–H groups in total. The summed E-state index contributed by atoms with van der Waals surface area (Å²) in [5.41, 5.74) is 0. The summed E-state index contributed by atoms with van der Waals surface area (Å²) in [6, 6.07) is 0. The number of ether oxygens (including phenoxy) is 1. The van der Waals surface area contributed by atoms with Crippen molar-refractivity contribution in [3.05, 3.63) is 0 Å². The standard InChI is InChI=1S/C6H12O6/c7-1-2-3(8)4(9)5(10)6(11)12-2/h2-11H,1H2/t2-,3-,4+,5+,6-/m1/s1/i6D. The van der Waals surface area contributed by atoms with Crippen molar-refractivity contribution in [1.29, 1.82) is 0 Å². The van der Waals surface area contributed by atoms with E-state index < -0.39 is 37.3 Å². The van der Waals surface area contributed by atoms with Gasteiger partial charge in [-0.1, -0.05) is 0 Å². The molecular formula is C6H12O6. The Labute approximate surface area is 70.0 Å². The molecule has 5 atom stereocenters. The monoisotopic (exact) mass is 181 g/mol. The minimum Gasteiger partial charge on any atom is -0.394 e. The number of hydrogen-bond acceptors (Lipinski definition) is 6. The quantitative estimate of drug-likeness (QED) is 0.291. The summed E-state index contributed by atoms with van der Waals surface area (Å²) < 4.78 is 11.4. The average molecular weight is 181 g/mol. The molecule has 1 rings (SSSR count). The highest BCUT2D eigenvalue weighted by Crippen LogP contribution is 2.18. The molecule has 1 fully saturated rings. The van der Waals surface area contributed by atoms with Gasteiger partial charge in [0.1, 0.15) is 24.4 Å². The third-order valence-corrected chi connectivity index (χ3v) is 1.76. The van der Waals surface area contributed by atoms with E-state index in [2.05, 4.69) is 4.74 Å². The Kier molecular flexibility index (Phi) is 2.54. The van der Waals surface area contributed by atoms with Crippen molar-refractivity contribution < 1.29 is 31.6 Å². The Balaban J connectivity index is 2.79. The Bertz CT molecular complexity index is 184. The van der Waals surface area contributed by atoms with Gasteiger partial charge in [0.15, 0.2) is 6.27 Å². The van der Waals surface area contributed by atoms with Gasteiger partial charge >= 0.3 is 0 Å². The number of rotatable bonds is 1. The first-order chi connectivity index (χ1) is 5.90. The van der Waals surface area contributed by atoms with Crippen LogP contribution >= 0.6 is 0 Å². The lowest BCUT2D eigenvalue weighted by atomic mass is 10.00. The molecule has 1 aliphatic heterocycles. The van der Waals surface area contributed by atoms with Gasteiger partial charge in [-0.3, -0.25) is 0 Å². The maximum Gasteiger partial charge on any atom is 0.184 e. The largest absolute Gasteiger partial charge is 0.394 e. The van der Waals surface area contributed by atoms with E-state index >= 15 is 0 Å². The van der Waals surface area contributed by atoms with Crippen LogP contribution in [0.25, 0.3) is 0 Å². The van der Waals surface area contributed by atoms with E-state index in [1.807, 2.05) is 0 Å². The molecule has 0 aliphatic carbocycles. The zero-order valence-corrected chi connectivity index (χ0v) is 6.16. The van der Waals surface area contributed by atoms with E-state index in [9.17, 15) is 0 Å². The van der Waals surface area contributed by atoms with E-state index in [1.165, 1.54) is 0 Å². The minimum absolute atomic E-state index is 0.661. The Morgan fingerprint density at radius 1 is 1.08 bits per heavy atom. The fourth-order valence-electron chi connectivity index (χ4n) is 0.993. The van der Waals surface area contributed by atoms with Gasteiger partial charge in [0.25, 0.3) is 0 Å². The van der Waals surface area contributed by atoms with Gasteiger partial charge in [0.05, 0.1) is 7.98 Å². The lowest BCUT2D eigenvalue weighted by Gasteiger charge is -2.37. The average Bonchev–Trinajstić information content (AvgIpc) is 2.08. The van der Waals surface area contributed by atoms with Crippen molar-refractivity contribution >= 4 is 0 Å². The SMILES string of the molecule is [2H][C@@]1(O)O[C@H](CO)[C@@H](O)[C@H](O)[C@@H]1O. The summed E-state index contributed by atoms with van der Waals surface area (Å²) in [5.74, 6) is 0. The zero-order valence-electron chi connectivity index (χ0n) is 7.16. The third-order valence-electron chi connectivity index (χ3n) is 1.76. The predicted octanol–water partition coefficient (Wildman–Crippen LogP) is -3.22. The van der Waals surface area contributed by atoms with Crippen molar-refractivity contribution in [2.75, 3.05) is 6.61 Å². The summed E-state index contributed by atoms with van der Waals surface area (Å²) in [5, 5.41) is 45.0. The fourth-order valence-corrected chi connectivity index (χ4v) is 0.993. The molecule has 6 nitrogen and oxygen atoms in total. The Hall–Kier alpha value is -0.240. The van der Waals surface area contributed by atoms with Crippen molar-refractivity contribution in [1.82, 2.24) is 0 Å². The molecule has 0 aromatic rings. The van der Waals surface area contributed by atoms with Gasteiger partial charge < -0.3 is 30.3 Å². The van der Waals surface area contributed by atoms with Crippen LogP contribution in [0.1, 0.15) is 1.37 Å². The maximum atomic E-state index is 9.15. The Morgan fingerprint density at radius 3 is 2.17 bits per heavy atom. The van der Waals surface area contributed by atoms with Crippen LogP contribution in [0.4, 0.5) is 0 Å². The number of hydrogen-bond donors (Lipinski definition) is 5. The van der Waals surface area contributed by atoms with E-state index in [0.717, 1.165) is 0 Å². The lowest BCUT2D eigenvalue weighted by Crippen LogP contribution is -2.58. The van der Waals surface area contributed by atoms with Crippen LogP contribution in [0.2, 0.25) is 0 Å². The van der Waals surface area contributed by atoms with E-state index in [0.29, 0.717) is 0 Å². The summed E-state index contributed by atoms with van der Waals surface area (Å²) in [7, 11) is 0. The van der Waals surface area contributed by atoms with Gasteiger partial charge in [-0.25, -0.2) is 0 Å². The highest BCUT2D eigenvalue weighted by atomic mass is 16.6. The van der Waals surface area contributed by atoms with Crippen molar-refractivity contribution in [2.24, 2.45) is 0 Å². The normalized spacial score (nSPS) is 56.6. The summed E-state index contributed by atoms with van der Waals surface area (Å²) in [6.07, 6.45) is -9.14. The van der Waals surface area contributed by atoms with Crippen LogP contribution in [0.15, 0.2) is 0 Å². The van der Waals surface area contributed by atoms with Crippen molar-refractivity contribution in [2.45, 2.75) is 30.7 Å². The minimum atomic E-state index is -2.70. The molecule has 0 saturated carbocycles. The summed E-state index contributed by atoms with van der Waals surface area (Å²) in [6.45, 7) is -0.661. The van der Waals surface area contributed by atoms with Gasteiger partial charge in [-0.2, -0.15) is 0 Å². The molecule has 72 valence electrons. The van der Waals surface area contributed by atoms with Gasteiger partial charge in [0.2, 0.25) is 0 Å². The second kappa shape index (κ2) is 3.65. The first-order valence-electron chi connectivity index (χ1n) is 3.95. The molecule has 0 unspecified atom stereocenters. The molecule has 12 heavy (non-hydrogen) atoms. The van der Waals surface area contributed by atoms with Gasteiger partial charge in [-0.15, -0.1) is 0 Å². The highest BCUT2D eigenvalue weighted by Gasteiger charge is 2.42. The highest BCUT2D eigenvalue weighted by molar-refractivity contribution is 4.87. The second-order valence-corrected chi connectivity index (χ2v) is 2.60. The molecule has 1 heterocycles. The van der Waals surface area contributed by atoms with Crippen molar-refractivity contribution in [3.63, 3.8) is 0 Å². The molecule has 0 aromatic carbocycles. The van der Waals surface area contributed by atoms with E-state index in [4.69, 9.17) is 26.9 Å². The van der Waals surface area contributed by atoms with Crippen LogP contribution < -0.4 is 0 Å². The first-order valence-corrected chi connectivity index (χ1v) is 3.45. The first kappa shape index (κ1) is 8.36. The topological polar surface area (TPSA) is 110 Å². The Morgan fingerprint density at radius 2 is 1.67 bits per heavy atom. The zero-order chi connectivity index (χ0) is 10.2. The molecule has 1 saturated heterocycles. The van der Waals surface area contributed by atoms with E-state index in [-0.39, 0.29) is 0 Å².